The van der Waals surface area contributed by atoms with Crippen LogP contribution in [0.5, 0.6) is 11.5 Å². The average molecular weight is 424 g/mol. The summed E-state index contributed by atoms with van der Waals surface area (Å²) in [5, 5.41) is 14.6. The molecule has 0 fully saturated rings. The molecule has 0 spiro atoms. The summed E-state index contributed by atoms with van der Waals surface area (Å²) in [4.78, 5) is 25.5. The van der Waals surface area contributed by atoms with Gasteiger partial charge in [0.25, 0.3) is 0 Å². The first-order valence-electron chi connectivity index (χ1n) is 10.2. The number of aliphatic hydroxyl groups is 1. The van der Waals surface area contributed by atoms with E-state index in [2.05, 4.69) is 5.32 Å². The molecule has 0 unspecified atom stereocenters. The molecule has 6 nitrogen and oxygen atoms in total. The molecule has 3 rings (SSSR count). The molecule has 164 valence electrons. The molecule has 2 aromatic rings. The Morgan fingerprint density at radius 2 is 1.48 bits per heavy atom. The van der Waals surface area contributed by atoms with Gasteiger partial charge in [0, 0.05) is 29.3 Å². The summed E-state index contributed by atoms with van der Waals surface area (Å²) < 4.78 is 10.5. The number of allylic oxidation sites excluding steroid dienone is 1. The van der Waals surface area contributed by atoms with Crippen LogP contribution in [0, 0.1) is 5.92 Å². The summed E-state index contributed by atoms with van der Waals surface area (Å²) in [6, 6.07) is 14.6. The highest BCUT2D eigenvalue weighted by Gasteiger charge is 2.49. The van der Waals surface area contributed by atoms with Gasteiger partial charge in [-0.1, -0.05) is 12.1 Å². The highest BCUT2D eigenvalue weighted by molar-refractivity contribution is 5.98. The van der Waals surface area contributed by atoms with Crippen molar-refractivity contribution in [2.45, 2.75) is 38.7 Å². The van der Waals surface area contributed by atoms with E-state index in [9.17, 15) is 14.7 Å². The summed E-state index contributed by atoms with van der Waals surface area (Å²) in [5.41, 5.74) is 1.33. The normalized spacial score (nSPS) is 23.3. The van der Waals surface area contributed by atoms with Crippen molar-refractivity contribution in [2.75, 3.05) is 19.5 Å². The average Bonchev–Trinajstić information content (AvgIpc) is 2.72. The van der Waals surface area contributed by atoms with Crippen molar-refractivity contribution in [3.8, 4) is 11.5 Å². The van der Waals surface area contributed by atoms with E-state index in [1.807, 2.05) is 36.4 Å². The Morgan fingerprint density at radius 1 is 0.968 bits per heavy atom. The smallest absolute Gasteiger partial charge is 0.158 e. The standard InChI is InChI=1S/C25H29NO5/c1-15(27)22-21(26-18-8-12-20(31-5)13-9-18)14-25(3,29)24(16(2)28)23(22)17-6-10-19(30-4)11-7-17/h6-13,23-24,26,29H,14H2,1-5H3/t23-,24+,25-/m0/s1. The quantitative estimate of drug-likeness (QED) is 0.697. The van der Waals surface area contributed by atoms with Crippen LogP contribution in [0.1, 0.15) is 38.7 Å². The second-order valence-electron chi connectivity index (χ2n) is 8.18. The van der Waals surface area contributed by atoms with Crippen LogP contribution in [0.4, 0.5) is 5.69 Å². The van der Waals surface area contributed by atoms with E-state index in [-0.39, 0.29) is 18.0 Å². The molecule has 2 aromatic carbocycles. The van der Waals surface area contributed by atoms with E-state index >= 15 is 0 Å². The number of ketones is 2. The molecule has 0 amide bonds. The number of rotatable bonds is 7. The maximum absolute atomic E-state index is 12.9. The lowest BCUT2D eigenvalue weighted by Crippen LogP contribution is -2.48. The molecule has 0 aromatic heterocycles. The summed E-state index contributed by atoms with van der Waals surface area (Å²) in [5.74, 6) is -0.233. The minimum absolute atomic E-state index is 0.140. The lowest BCUT2D eigenvalue weighted by Gasteiger charge is -2.43. The van der Waals surface area contributed by atoms with Gasteiger partial charge >= 0.3 is 0 Å². The Morgan fingerprint density at radius 3 is 1.94 bits per heavy atom. The molecule has 31 heavy (non-hydrogen) atoms. The highest BCUT2D eigenvalue weighted by Crippen LogP contribution is 2.48. The van der Waals surface area contributed by atoms with Crippen LogP contribution in [0.3, 0.4) is 0 Å². The van der Waals surface area contributed by atoms with Crippen LogP contribution in [0.25, 0.3) is 0 Å². The molecule has 0 saturated carbocycles. The summed E-state index contributed by atoms with van der Waals surface area (Å²) in [7, 11) is 3.18. The molecule has 3 atom stereocenters. The predicted molar refractivity (Wildman–Crippen MR) is 119 cm³/mol. The SMILES string of the molecule is COc1ccc(NC2=C(C(C)=O)[C@H](c3ccc(OC)cc3)[C@@H](C(C)=O)[C@@](C)(O)C2)cc1. The number of benzene rings is 2. The molecule has 0 aliphatic heterocycles. The number of ether oxygens (including phenoxy) is 2. The summed E-state index contributed by atoms with van der Waals surface area (Å²) >= 11 is 0. The van der Waals surface area contributed by atoms with E-state index in [4.69, 9.17) is 9.47 Å². The molecular weight excluding hydrogens is 394 g/mol. The fraction of sp³-hybridized carbons (Fsp3) is 0.360. The maximum Gasteiger partial charge on any atom is 0.158 e. The monoisotopic (exact) mass is 423 g/mol. The van der Waals surface area contributed by atoms with Gasteiger partial charge in [-0.3, -0.25) is 9.59 Å². The molecule has 0 radical (unpaired) electrons. The van der Waals surface area contributed by atoms with Gasteiger partial charge in [0.15, 0.2) is 5.78 Å². The summed E-state index contributed by atoms with van der Waals surface area (Å²) in [6.07, 6.45) is 0.158. The maximum atomic E-state index is 12.9. The third-order valence-corrected chi connectivity index (χ3v) is 5.85. The fourth-order valence-corrected chi connectivity index (χ4v) is 4.51. The van der Waals surface area contributed by atoms with Crippen molar-refractivity contribution < 1.29 is 24.2 Å². The number of Topliss-reactive ketones (excluding diaryl/α,β-unsaturated/α-hetero) is 2. The van der Waals surface area contributed by atoms with Crippen LogP contribution in [-0.4, -0.2) is 36.5 Å². The lowest BCUT2D eigenvalue weighted by atomic mass is 9.64. The predicted octanol–water partition coefficient (Wildman–Crippen LogP) is 4.10. The van der Waals surface area contributed by atoms with Gasteiger partial charge < -0.3 is 19.9 Å². The molecule has 0 saturated heterocycles. The van der Waals surface area contributed by atoms with E-state index in [1.165, 1.54) is 13.8 Å². The molecule has 6 heteroatoms. The van der Waals surface area contributed by atoms with Gasteiger partial charge in [-0.05, 0) is 62.7 Å². The van der Waals surface area contributed by atoms with E-state index in [1.54, 1.807) is 33.3 Å². The van der Waals surface area contributed by atoms with Crippen LogP contribution >= 0.6 is 0 Å². The van der Waals surface area contributed by atoms with Gasteiger partial charge in [-0.15, -0.1) is 0 Å². The zero-order valence-electron chi connectivity index (χ0n) is 18.6. The van der Waals surface area contributed by atoms with Gasteiger partial charge in [0.05, 0.1) is 25.7 Å². The molecule has 0 bridgehead atoms. The lowest BCUT2D eigenvalue weighted by molar-refractivity contribution is -0.131. The topological polar surface area (TPSA) is 84.9 Å². The third-order valence-electron chi connectivity index (χ3n) is 5.85. The molecule has 1 aliphatic rings. The number of nitrogens with one attached hydrogen (secondary N) is 1. The van der Waals surface area contributed by atoms with Crippen molar-refractivity contribution in [3.05, 3.63) is 65.4 Å². The van der Waals surface area contributed by atoms with Crippen molar-refractivity contribution in [1.29, 1.82) is 0 Å². The van der Waals surface area contributed by atoms with Gasteiger partial charge in [-0.2, -0.15) is 0 Å². The number of methoxy groups -OCH3 is 2. The van der Waals surface area contributed by atoms with E-state index in [0.717, 1.165) is 17.0 Å². The second-order valence-corrected chi connectivity index (χ2v) is 8.18. The molecule has 1 aliphatic carbocycles. The Kier molecular flexibility index (Phi) is 6.51. The number of carbonyl (C=O) groups is 2. The van der Waals surface area contributed by atoms with E-state index in [0.29, 0.717) is 17.0 Å². The Labute approximate surface area is 182 Å². The second kappa shape index (κ2) is 8.94. The minimum Gasteiger partial charge on any atom is -0.497 e. The molecule has 0 heterocycles. The first kappa shape index (κ1) is 22.6. The van der Waals surface area contributed by atoms with E-state index < -0.39 is 17.4 Å². The Hall–Kier alpha value is -3.12. The number of anilines is 1. The van der Waals surface area contributed by atoms with Crippen molar-refractivity contribution in [3.63, 3.8) is 0 Å². The van der Waals surface area contributed by atoms with Crippen LogP contribution in [0.2, 0.25) is 0 Å². The Balaban J connectivity index is 2.15. The summed E-state index contributed by atoms with van der Waals surface area (Å²) in [6.45, 7) is 4.62. The van der Waals surface area contributed by atoms with Gasteiger partial charge in [-0.25, -0.2) is 0 Å². The van der Waals surface area contributed by atoms with Crippen molar-refractivity contribution in [1.82, 2.24) is 0 Å². The number of hydrogen-bond donors (Lipinski definition) is 2. The third kappa shape index (κ3) is 4.64. The fourth-order valence-electron chi connectivity index (χ4n) is 4.51. The number of hydrogen-bond acceptors (Lipinski definition) is 6. The van der Waals surface area contributed by atoms with Gasteiger partial charge in [0.1, 0.15) is 17.3 Å². The largest absolute Gasteiger partial charge is 0.497 e. The zero-order chi connectivity index (χ0) is 22.8. The number of carbonyl (C=O) groups excluding carboxylic acids is 2. The van der Waals surface area contributed by atoms with Gasteiger partial charge in [0.2, 0.25) is 0 Å². The van der Waals surface area contributed by atoms with Crippen molar-refractivity contribution in [2.24, 2.45) is 5.92 Å². The van der Waals surface area contributed by atoms with Crippen LogP contribution in [0.15, 0.2) is 59.8 Å². The van der Waals surface area contributed by atoms with Crippen LogP contribution < -0.4 is 14.8 Å². The Bertz CT molecular complexity index is 990. The first-order chi connectivity index (χ1) is 14.7. The highest BCUT2D eigenvalue weighted by atomic mass is 16.5. The minimum atomic E-state index is -1.33. The zero-order valence-corrected chi connectivity index (χ0v) is 18.6. The molecular formula is C25H29NO5. The van der Waals surface area contributed by atoms with Crippen molar-refractivity contribution >= 4 is 17.3 Å². The van der Waals surface area contributed by atoms with Crippen LogP contribution in [-0.2, 0) is 9.59 Å². The molecule has 2 N–H and O–H groups in total. The first-order valence-corrected chi connectivity index (χ1v) is 10.2.